The van der Waals surface area contributed by atoms with E-state index in [1.807, 2.05) is 37.3 Å². The zero-order valence-corrected chi connectivity index (χ0v) is 11.4. The molecule has 0 heterocycles. The SMILES string of the molecule is CCC(C)(C(=O)NCCc1ccccc1)/C(N)=N/O. The predicted molar refractivity (Wildman–Crippen MR) is 75.0 cm³/mol. The van der Waals surface area contributed by atoms with Crippen LogP contribution >= 0.6 is 0 Å². The van der Waals surface area contributed by atoms with Gasteiger partial charge in [0.1, 0.15) is 5.41 Å². The Morgan fingerprint density at radius 3 is 2.58 bits per heavy atom. The highest BCUT2D eigenvalue weighted by atomic mass is 16.4. The van der Waals surface area contributed by atoms with E-state index in [4.69, 9.17) is 10.9 Å². The second-order valence-electron chi connectivity index (χ2n) is 4.66. The Kier molecular flexibility index (Phi) is 5.36. The summed E-state index contributed by atoms with van der Waals surface area (Å²) in [4.78, 5) is 12.1. The number of oxime groups is 1. The van der Waals surface area contributed by atoms with Crippen LogP contribution in [0.3, 0.4) is 0 Å². The van der Waals surface area contributed by atoms with E-state index in [9.17, 15) is 4.79 Å². The molecule has 0 saturated carbocycles. The molecule has 1 aromatic carbocycles. The number of hydrogen-bond acceptors (Lipinski definition) is 3. The van der Waals surface area contributed by atoms with Crippen LogP contribution in [0.25, 0.3) is 0 Å². The van der Waals surface area contributed by atoms with Crippen LogP contribution in [-0.4, -0.2) is 23.5 Å². The minimum Gasteiger partial charge on any atom is -0.409 e. The van der Waals surface area contributed by atoms with Crippen molar-refractivity contribution >= 4 is 11.7 Å². The van der Waals surface area contributed by atoms with Gasteiger partial charge < -0.3 is 16.3 Å². The van der Waals surface area contributed by atoms with E-state index in [0.29, 0.717) is 13.0 Å². The Hall–Kier alpha value is -2.04. The van der Waals surface area contributed by atoms with Crippen molar-refractivity contribution in [1.29, 1.82) is 0 Å². The summed E-state index contributed by atoms with van der Waals surface area (Å²) in [7, 11) is 0. The molecule has 104 valence electrons. The van der Waals surface area contributed by atoms with Gasteiger partial charge in [-0.1, -0.05) is 42.4 Å². The molecule has 1 aromatic rings. The molecule has 5 nitrogen and oxygen atoms in total. The van der Waals surface area contributed by atoms with E-state index in [1.54, 1.807) is 6.92 Å². The van der Waals surface area contributed by atoms with Crippen molar-refractivity contribution in [2.45, 2.75) is 26.7 Å². The molecule has 1 rings (SSSR count). The lowest BCUT2D eigenvalue weighted by molar-refractivity contribution is -0.127. The predicted octanol–water partition coefficient (Wildman–Crippen LogP) is 1.51. The lowest BCUT2D eigenvalue weighted by atomic mass is 9.85. The molecular weight excluding hydrogens is 242 g/mol. The van der Waals surface area contributed by atoms with Crippen molar-refractivity contribution in [2.75, 3.05) is 6.54 Å². The molecule has 1 atom stereocenters. The maximum absolute atomic E-state index is 12.1. The first-order valence-electron chi connectivity index (χ1n) is 6.34. The summed E-state index contributed by atoms with van der Waals surface area (Å²) < 4.78 is 0. The molecule has 0 fully saturated rings. The van der Waals surface area contributed by atoms with Crippen LogP contribution < -0.4 is 11.1 Å². The van der Waals surface area contributed by atoms with Gasteiger partial charge in [0.15, 0.2) is 5.84 Å². The van der Waals surface area contributed by atoms with Gasteiger partial charge in [-0.05, 0) is 25.3 Å². The number of rotatable bonds is 6. The average Bonchev–Trinajstić information content (AvgIpc) is 2.46. The smallest absolute Gasteiger partial charge is 0.233 e. The standard InChI is InChI=1S/C14H21N3O2/c1-3-14(2,12(15)17-19)13(18)16-10-9-11-7-5-4-6-8-11/h4-8,19H,3,9-10H2,1-2H3,(H2,15,17)(H,16,18). The van der Waals surface area contributed by atoms with Gasteiger partial charge in [-0.2, -0.15) is 0 Å². The van der Waals surface area contributed by atoms with Gasteiger partial charge in [-0.25, -0.2) is 0 Å². The van der Waals surface area contributed by atoms with Crippen LogP contribution in [-0.2, 0) is 11.2 Å². The van der Waals surface area contributed by atoms with E-state index in [0.717, 1.165) is 12.0 Å². The average molecular weight is 263 g/mol. The van der Waals surface area contributed by atoms with Crippen LogP contribution in [0, 0.1) is 5.41 Å². The Balaban J connectivity index is 2.55. The summed E-state index contributed by atoms with van der Waals surface area (Å²) in [6.45, 7) is 4.02. The summed E-state index contributed by atoms with van der Waals surface area (Å²) in [5.41, 5.74) is 5.78. The highest BCUT2D eigenvalue weighted by molar-refractivity contribution is 6.06. The minimum absolute atomic E-state index is 0.0628. The molecule has 1 amide bonds. The van der Waals surface area contributed by atoms with Gasteiger partial charge in [-0.3, -0.25) is 4.79 Å². The van der Waals surface area contributed by atoms with Gasteiger partial charge in [0.2, 0.25) is 5.91 Å². The molecule has 4 N–H and O–H groups in total. The van der Waals surface area contributed by atoms with Crippen LogP contribution in [0.1, 0.15) is 25.8 Å². The normalized spacial score (nSPS) is 14.7. The number of amidine groups is 1. The first-order chi connectivity index (χ1) is 9.04. The number of carbonyl (C=O) groups is 1. The van der Waals surface area contributed by atoms with Gasteiger partial charge >= 0.3 is 0 Å². The van der Waals surface area contributed by atoms with E-state index in [1.165, 1.54) is 0 Å². The molecule has 0 spiro atoms. The largest absolute Gasteiger partial charge is 0.409 e. The first kappa shape index (κ1) is 15.0. The fourth-order valence-electron chi connectivity index (χ4n) is 1.73. The molecule has 0 radical (unpaired) electrons. The molecule has 5 heteroatoms. The van der Waals surface area contributed by atoms with Crippen molar-refractivity contribution in [1.82, 2.24) is 5.32 Å². The van der Waals surface area contributed by atoms with Crippen molar-refractivity contribution in [3.05, 3.63) is 35.9 Å². The number of hydrogen-bond donors (Lipinski definition) is 3. The molecule has 19 heavy (non-hydrogen) atoms. The lowest BCUT2D eigenvalue weighted by Gasteiger charge is -2.25. The van der Waals surface area contributed by atoms with Crippen molar-refractivity contribution in [3.8, 4) is 0 Å². The molecule has 0 bridgehead atoms. The minimum atomic E-state index is -0.967. The molecule has 0 aliphatic heterocycles. The summed E-state index contributed by atoms with van der Waals surface area (Å²) >= 11 is 0. The second-order valence-corrected chi connectivity index (χ2v) is 4.66. The summed E-state index contributed by atoms with van der Waals surface area (Å²) in [5, 5.41) is 14.5. The zero-order valence-electron chi connectivity index (χ0n) is 11.4. The maximum atomic E-state index is 12.1. The summed E-state index contributed by atoms with van der Waals surface area (Å²) in [6.07, 6.45) is 1.22. The molecule has 0 saturated heterocycles. The number of amides is 1. The van der Waals surface area contributed by atoms with Crippen LogP contribution in [0.4, 0.5) is 0 Å². The number of carbonyl (C=O) groups excluding carboxylic acids is 1. The fraction of sp³-hybridized carbons (Fsp3) is 0.429. The number of nitrogens with one attached hydrogen (secondary N) is 1. The third-order valence-electron chi connectivity index (χ3n) is 3.42. The van der Waals surface area contributed by atoms with Crippen LogP contribution in [0.15, 0.2) is 35.5 Å². The maximum Gasteiger partial charge on any atom is 0.233 e. The first-order valence-corrected chi connectivity index (χ1v) is 6.34. The second kappa shape index (κ2) is 6.78. The molecule has 1 unspecified atom stereocenters. The third kappa shape index (κ3) is 3.71. The Bertz CT molecular complexity index is 445. The van der Waals surface area contributed by atoms with E-state index in [-0.39, 0.29) is 11.7 Å². The number of nitrogens with two attached hydrogens (primary N) is 1. The quantitative estimate of drug-likeness (QED) is 0.314. The van der Waals surface area contributed by atoms with Gasteiger partial charge in [-0.15, -0.1) is 0 Å². The third-order valence-corrected chi connectivity index (χ3v) is 3.42. The highest BCUT2D eigenvalue weighted by Crippen LogP contribution is 2.21. The highest BCUT2D eigenvalue weighted by Gasteiger charge is 2.35. The summed E-state index contributed by atoms with van der Waals surface area (Å²) in [5.74, 6) is -0.284. The summed E-state index contributed by atoms with van der Waals surface area (Å²) in [6, 6.07) is 9.89. The van der Waals surface area contributed by atoms with E-state index >= 15 is 0 Å². The Morgan fingerprint density at radius 1 is 1.42 bits per heavy atom. The topological polar surface area (TPSA) is 87.7 Å². The van der Waals surface area contributed by atoms with Crippen LogP contribution in [0.5, 0.6) is 0 Å². The molecule has 0 aromatic heterocycles. The number of nitrogens with zero attached hydrogens (tertiary/aromatic N) is 1. The monoisotopic (exact) mass is 263 g/mol. The van der Waals surface area contributed by atoms with Crippen molar-refractivity contribution in [3.63, 3.8) is 0 Å². The van der Waals surface area contributed by atoms with Gasteiger partial charge in [0.25, 0.3) is 0 Å². The molecular formula is C14H21N3O2. The van der Waals surface area contributed by atoms with Crippen LogP contribution in [0.2, 0.25) is 0 Å². The number of benzene rings is 1. The van der Waals surface area contributed by atoms with E-state index < -0.39 is 5.41 Å². The van der Waals surface area contributed by atoms with Crippen molar-refractivity contribution in [2.24, 2.45) is 16.3 Å². The lowest BCUT2D eigenvalue weighted by Crippen LogP contribution is -2.48. The fourth-order valence-corrected chi connectivity index (χ4v) is 1.73. The molecule has 0 aliphatic carbocycles. The van der Waals surface area contributed by atoms with E-state index in [2.05, 4.69) is 10.5 Å². The van der Waals surface area contributed by atoms with Gasteiger partial charge in [0, 0.05) is 6.54 Å². The van der Waals surface area contributed by atoms with Gasteiger partial charge in [0.05, 0.1) is 0 Å². The Labute approximate surface area is 113 Å². The van der Waals surface area contributed by atoms with Crippen molar-refractivity contribution < 1.29 is 10.0 Å². The zero-order chi connectivity index (χ0) is 14.3. The Morgan fingerprint density at radius 2 is 2.05 bits per heavy atom. The molecule has 0 aliphatic rings.